The van der Waals surface area contributed by atoms with Gasteiger partial charge in [0.05, 0.1) is 16.6 Å². The number of halogens is 2. The van der Waals surface area contributed by atoms with Crippen molar-refractivity contribution in [3.8, 4) is 11.8 Å². The lowest BCUT2D eigenvalue weighted by Crippen LogP contribution is -2.34. The lowest BCUT2D eigenvalue weighted by atomic mass is 10.1. The summed E-state index contributed by atoms with van der Waals surface area (Å²) in [5, 5.41) is 7.31. The molecular formula is C19H13ClFN5O3. The summed E-state index contributed by atoms with van der Waals surface area (Å²) in [5.74, 6) is -1.08. The quantitative estimate of drug-likeness (QED) is 0.480. The second kappa shape index (κ2) is 6.56. The van der Waals surface area contributed by atoms with Crippen molar-refractivity contribution in [1.82, 2.24) is 20.3 Å². The van der Waals surface area contributed by atoms with E-state index in [9.17, 15) is 9.18 Å². The van der Waals surface area contributed by atoms with Crippen LogP contribution in [0.25, 0.3) is 21.9 Å². The average molecular weight is 414 g/mol. The fourth-order valence-electron chi connectivity index (χ4n) is 3.27. The number of amides is 1. The summed E-state index contributed by atoms with van der Waals surface area (Å²) in [6.45, 7) is 2.47. The number of ether oxygens (including phenoxy) is 1. The summed E-state index contributed by atoms with van der Waals surface area (Å²) in [6, 6.07) is 6.77. The van der Waals surface area contributed by atoms with Crippen LogP contribution in [0.2, 0.25) is 5.15 Å². The number of hydrogen-bond acceptors (Lipinski definition) is 7. The van der Waals surface area contributed by atoms with Gasteiger partial charge in [0.2, 0.25) is 17.5 Å². The summed E-state index contributed by atoms with van der Waals surface area (Å²) < 4.78 is 25.2. The summed E-state index contributed by atoms with van der Waals surface area (Å²) in [7, 11) is 0. The van der Waals surface area contributed by atoms with Crippen molar-refractivity contribution in [2.45, 2.75) is 13.0 Å². The standard InChI is InChI=1S/C19H13ClFN5O3/c1-8-6-22-15-13-9-2-5-12(29-19-14(21)17(20)23-7-24-19)26-10(9)3-4-11(13)28-16(15)18(27)25-8/h2-5,7-8,22H,6H2,1H3,(H,25,27)/t8-/m1/s1. The lowest BCUT2D eigenvalue weighted by Gasteiger charge is -2.10. The van der Waals surface area contributed by atoms with Gasteiger partial charge in [-0.2, -0.15) is 9.37 Å². The first-order valence-corrected chi connectivity index (χ1v) is 9.14. The summed E-state index contributed by atoms with van der Waals surface area (Å²) in [5.41, 5.74) is 1.76. The van der Waals surface area contributed by atoms with Crippen molar-refractivity contribution >= 4 is 45.1 Å². The maximum Gasteiger partial charge on any atom is 0.289 e. The average Bonchev–Trinajstić information content (AvgIpc) is 3.02. The van der Waals surface area contributed by atoms with Crippen molar-refractivity contribution in [1.29, 1.82) is 0 Å². The van der Waals surface area contributed by atoms with E-state index in [-0.39, 0.29) is 34.6 Å². The Morgan fingerprint density at radius 2 is 2.14 bits per heavy atom. The van der Waals surface area contributed by atoms with Gasteiger partial charge >= 0.3 is 0 Å². The number of furan rings is 1. The molecular weight excluding hydrogens is 401 g/mol. The van der Waals surface area contributed by atoms with Crippen LogP contribution in [0.1, 0.15) is 17.5 Å². The Bertz CT molecular complexity index is 1290. The van der Waals surface area contributed by atoms with Crippen LogP contribution >= 0.6 is 11.6 Å². The number of hydrogen-bond donors (Lipinski definition) is 2. The SMILES string of the molecule is C[C@@H]1CNc2c(oc3ccc4nc(Oc5ncnc(Cl)c5F)ccc4c23)C(=O)N1. The molecule has 0 bridgehead atoms. The molecule has 0 aliphatic carbocycles. The minimum absolute atomic E-state index is 0.0390. The lowest BCUT2D eigenvalue weighted by molar-refractivity contribution is 0.0920. The third-order valence-corrected chi connectivity index (χ3v) is 4.85. The molecule has 4 aromatic rings. The van der Waals surface area contributed by atoms with E-state index >= 15 is 0 Å². The highest BCUT2D eigenvalue weighted by molar-refractivity contribution is 6.29. The maximum atomic E-state index is 14.0. The number of pyridine rings is 1. The van der Waals surface area contributed by atoms with E-state index in [0.717, 1.165) is 17.1 Å². The molecule has 5 rings (SSSR count). The summed E-state index contributed by atoms with van der Waals surface area (Å²) in [4.78, 5) is 24.1. The largest absolute Gasteiger partial charge is 0.449 e. The normalized spacial score (nSPS) is 16.2. The Kier molecular flexibility index (Phi) is 3.99. The van der Waals surface area contributed by atoms with Gasteiger partial charge in [0.1, 0.15) is 11.9 Å². The van der Waals surface area contributed by atoms with Crippen LogP contribution in [0, 0.1) is 5.82 Å². The van der Waals surface area contributed by atoms with Crippen LogP contribution in [-0.2, 0) is 0 Å². The summed E-state index contributed by atoms with van der Waals surface area (Å²) >= 11 is 5.65. The monoisotopic (exact) mass is 413 g/mol. The van der Waals surface area contributed by atoms with Crippen LogP contribution in [0.4, 0.5) is 10.1 Å². The molecule has 0 spiro atoms. The zero-order chi connectivity index (χ0) is 20.1. The van der Waals surface area contributed by atoms with Gasteiger partial charge in [0.15, 0.2) is 5.15 Å². The zero-order valence-electron chi connectivity index (χ0n) is 15.0. The van der Waals surface area contributed by atoms with Gasteiger partial charge < -0.3 is 19.8 Å². The first-order valence-electron chi connectivity index (χ1n) is 8.76. The fourth-order valence-corrected chi connectivity index (χ4v) is 3.39. The molecule has 1 atom stereocenters. The molecule has 1 aromatic carbocycles. The van der Waals surface area contributed by atoms with E-state index in [1.165, 1.54) is 0 Å². The third kappa shape index (κ3) is 2.90. The molecule has 29 heavy (non-hydrogen) atoms. The van der Waals surface area contributed by atoms with Crippen LogP contribution in [-0.4, -0.2) is 33.4 Å². The second-order valence-electron chi connectivity index (χ2n) is 6.60. The molecule has 10 heteroatoms. The van der Waals surface area contributed by atoms with Gasteiger partial charge in [-0.1, -0.05) is 11.6 Å². The molecule has 0 saturated heterocycles. The number of rotatable bonds is 2. The Hall–Kier alpha value is -3.46. The highest BCUT2D eigenvalue weighted by Crippen LogP contribution is 2.38. The van der Waals surface area contributed by atoms with Crippen molar-refractivity contribution in [2.24, 2.45) is 0 Å². The van der Waals surface area contributed by atoms with Gasteiger partial charge in [-0.05, 0) is 25.1 Å². The molecule has 1 aliphatic rings. The number of nitrogens with zero attached hydrogens (tertiary/aromatic N) is 3. The molecule has 0 unspecified atom stereocenters. The second-order valence-corrected chi connectivity index (χ2v) is 6.96. The zero-order valence-corrected chi connectivity index (χ0v) is 15.7. The van der Waals surface area contributed by atoms with Crippen LogP contribution in [0.5, 0.6) is 11.8 Å². The predicted octanol–water partition coefficient (Wildman–Crippen LogP) is 3.90. The molecule has 0 fully saturated rings. The minimum atomic E-state index is -0.865. The molecule has 1 aliphatic heterocycles. The number of carbonyl (C=O) groups is 1. The van der Waals surface area contributed by atoms with Gasteiger partial charge in [-0.3, -0.25) is 4.79 Å². The van der Waals surface area contributed by atoms with Crippen molar-refractivity contribution in [3.05, 3.63) is 47.3 Å². The van der Waals surface area contributed by atoms with E-state index in [4.69, 9.17) is 20.8 Å². The van der Waals surface area contributed by atoms with Gasteiger partial charge in [0.25, 0.3) is 11.8 Å². The Morgan fingerprint density at radius 3 is 3.00 bits per heavy atom. The molecule has 146 valence electrons. The van der Waals surface area contributed by atoms with E-state index in [1.807, 2.05) is 6.92 Å². The minimum Gasteiger partial charge on any atom is -0.449 e. The molecule has 0 saturated carbocycles. The Balaban J connectivity index is 1.62. The van der Waals surface area contributed by atoms with Crippen molar-refractivity contribution < 1.29 is 18.3 Å². The molecule has 2 N–H and O–H groups in total. The first-order chi connectivity index (χ1) is 14.0. The predicted molar refractivity (Wildman–Crippen MR) is 104 cm³/mol. The van der Waals surface area contributed by atoms with Crippen molar-refractivity contribution in [3.63, 3.8) is 0 Å². The van der Waals surface area contributed by atoms with Gasteiger partial charge in [-0.15, -0.1) is 0 Å². The smallest absolute Gasteiger partial charge is 0.289 e. The highest BCUT2D eigenvalue weighted by atomic mass is 35.5. The fraction of sp³-hybridized carbons (Fsp3) is 0.158. The highest BCUT2D eigenvalue weighted by Gasteiger charge is 2.26. The maximum absolute atomic E-state index is 14.0. The van der Waals surface area contributed by atoms with Gasteiger partial charge in [-0.25, -0.2) is 9.97 Å². The van der Waals surface area contributed by atoms with Crippen LogP contribution in [0.3, 0.4) is 0 Å². The number of nitrogens with one attached hydrogen (secondary N) is 2. The number of anilines is 1. The number of benzene rings is 1. The summed E-state index contributed by atoms with van der Waals surface area (Å²) in [6.07, 6.45) is 1.10. The van der Waals surface area contributed by atoms with E-state index in [2.05, 4.69) is 25.6 Å². The van der Waals surface area contributed by atoms with Crippen LogP contribution in [0.15, 0.2) is 35.0 Å². The Morgan fingerprint density at radius 1 is 1.28 bits per heavy atom. The van der Waals surface area contributed by atoms with E-state index in [0.29, 0.717) is 23.3 Å². The number of fused-ring (bicyclic) bond motifs is 5. The molecule has 4 heterocycles. The molecule has 8 nitrogen and oxygen atoms in total. The van der Waals surface area contributed by atoms with Crippen molar-refractivity contribution in [2.75, 3.05) is 11.9 Å². The van der Waals surface area contributed by atoms with Gasteiger partial charge in [0, 0.05) is 24.0 Å². The topological polar surface area (TPSA) is 102 Å². The number of carbonyl (C=O) groups excluding carboxylic acids is 1. The van der Waals surface area contributed by atoms with E-state index in [1.54, 1.807) is 24.3 Å². The molecule has 1 amide bonds. The molecule has 0 radical (unpaired) electrons. The first kappa shape index (κ1) is 17.6. The third-order valence-electron chi connectivity index (χ3n) is 4.58. The Labute approximate surface area is 168 Å². The molecule has 3 aromatic heterocycles. The van der Waals surface area contributed by atoms with Crippen LogP contribution < -0.4 is 15.4 Å². The van der Waals surface area contributed by atoms with E-state index < -0.39 is 5.82 Å². The number of aromatic nitrogens is 3.